The molecule has 3 nitrogen and oxygen atoms in total. The van der Waals surface area contributed by atoms with Gasteiger partial charge in [0.2, 0.25) is 5.95 Å². The molecule has 0 amide bonds. The molecule has 0 spiro atoms. The Morgan fingerprint density at radius 3 is 2.56 bits per heavy atom. The minimum Gasteiger partial charge on any atom is -0.369 e. The molecule has 2 N–H and O–H groups in total. The highest BCUT2D eigenvalue weighted by Crippen LogP contribution is 2.28. The molecule has 4 heteroatoms. The molecule has 0 fully saturated rings. The van der Waals surface area contributed by atoms with Crippen LogP contribution in [-0.4, -0.2) is 9.55 Å². The van der Waals surface area contributed by atoms with Gasteiger partial charge in [0.25, 0.3) is 0 Å². The van der Waals surface area contributed by atoms with Crippen LogP contribution >= 0.6 is 11.6 Å². The number of hydrogen-bond acceptors (Lipinski definition) is 2. The van der Waals surface area contributed by atoms with E-state index in [2.05, 4.69) is 4.98 Å². The van der Waals surface area contributed by atoms with Crippen molar-refractivity contribution < 1.29 is 0 Å². The summed E-state index contributed by atoms with van der Waals surface area (Å²) in [5.41, 5.74) is 9.81. The standard InChI is InChI=1S/C14H12ClN3/c1-9-5-7-10(8-6-9)18-13-11(15)3-2-4-12(13)17-14(18)16/h2-8H,1H3,(H2,16,17). The Morgan fingerprint density at radius 1 is 1.11 bits per heavy atom. The topological polar surface area (TPSA) is 43.8 Å². The number of fused-ring (bicyclic) bond motifs is 1. The van der Waals surface area contributed by atoms with Gasteiger partial charge in [0.15, 0.2) is 0 Å². The van der Waals surface area contributed by atoms with Crippen LogP contribution in [0.2, 0.25) is 5.02 Å². The second kappa shape index (κ2) is 4.03. The van der Waals surface area contributed by atoms with E-state index in [-0.39, 0.29) is 0 Å². The van der Waals surface area contributed by atoms with Crippen molar-refractivity contribution in [1.29, 1.82) is 0 Å². The first kappa shape index (κ1) is 11.1. The van der Waals surface area contributed by atoms with Crippen LogP contribution in [0.5, 0.6) is 0 Å². The maximum atomic E-state index is 6.24. The number of hydrogen-bond donors (Lipinski definition) is 1. The minimum absolute atomic E-state index is 0.446. The second-order valence-electron chi connectivity index (χ2n) is 4.25. The van der Waals surface area contributed by atoms with Gasteiger partial charge in [0, 0.05) is 5.69 Å². The Hall–Kier alpha value is -2.00. The molecule has 3 aromatic rings. The number of anilines is 1. The SMILES string of the molecule is Cc1ccc(-n2c(N)nc3cccc(Cl)c32)cc1. The maximum absolute atomic E-state index is 6.24. The van der Waals surface area contributed by atoms with Gasteiger partial charge in [-0.1, -0.05) is 35.4 Å². The summed E-state index contributed by atoms with van der Waals surface area (Å²) in [6, 6.07) is 13.7. The fourth-order valence-corrected chi connectivity index (χ4v) is 2.31. The van der Waals surface area contributed by atoms with Gasteiger partial charge >= 0.3 is 0 Å². The molecule has 1 heterocycles. The lowest BCUT2D eigenvalue weighted by atomic mass is 10.2. The van der Waals surface area contributed by atoms with E-state index in [0.29, 0.717) is 11.0 Å². The molecule has 0 atom stereocenters. The third-order valence-electron chi connectivity index (χ3n) is 2.95. The number of halogens is 1. The van der Waals surface area contributed by atoms with Gasteiger partial charge in [-0.25, -0.2) is 4.98 Å². The number of aryl methyl sites for hydroxylation is 1. The number of imidazole rings is 1. The van der Waals surface area contributed by atoms with Crippen LogP contribution < -0.4 is 5.73 Å². The molecule has 0 aliphatic rings. The normalized spacial score (nSPS) is 11.0. The molecule has 0 bridgehead atoms. The van der Waals surface area contributed by atoms with E-state index in [1.54, 1.807) is 0 Å². The second-order valence-corrected chi connectivity index (χ2v) is 4.66. The molecule has 0 aliphatic carbocycles. The number of nitrogen functional groups attached to an aromatic ring is 1. The zero-order valence-corrected chi connectivity index (χ0v) is 10.6. The fourth-order valence-electron chi connectivity index (χ4n) is 2.06. The predicted octanol–water partition coefficient (Wildman–Crippen LogP) is 3.57. The molecule has 2 aromatic carbocycles. The van der Waals surface area contributed by atoms with E-state index in [0.717, 1.165) is 16.7 Å². The van der Waals surface area contributed by atoms with Crippen LogP contribution in [0.25, 0.3) is 16.7 Å². The number of para-hydroxylation sites is 1. The van der Waals surface area contributed by atoms with E-state index < -0.39 is 0 Å². The molecule has 0 saturated heterocycles. The summed E-state index contributed by atoms with van der Waals surface area (Å²) in [5, 5.41) is 0.650. The third-order valence-corrected chi connectivity index (χ3v) is 3.25. The summed E-state index contributed by atoms with van der Waals surface area (Å²) < 4.78 is 1.87. The molecule has 18 heavy (non-hydrogen) atoms. The maximum Gasteiger partial charge on any atom is 0.205 e. The summed E-state index contributed by atoms with van der Waals surface area (Å²) in [6.07, 6.45) is 0. The number of nitrogens with two attached hydrogens (primary N) is 1. The Kier molecular flexibility index (Phi) is 2.49. The first-order valence-electron chi connectivity index (χ1n) is 5.66. The van der Waals surface area contributed by atoms with Crippen molar-refractivity contribution in [3.05, 3.63) is 53.1 Å². The van der Waals surface area contributed by atoms with Gasteiger partial charge in [-0.2, -0.15) is 0 Å². The lowest BCUT2D eigenvalue weighted by Crippen LogP contribution is -2.00. The van der Waals surface area contributed by atoms with Crippen molar-refractivity contribution in [2.75, 3.05) is 5.73 Å². The van der Waals surface area contributed by atoms with Gasteiger partial charge in [-0.15, -0.1) is 0 Å². The van der Waals surface area contributed by atoms with E-state index in [4.69, 9.17) is 17.3 Å². The molecule has 0 saturated carbocycles. The van der Waals surface area contributed by atoms with E-state index in [9.17, 15) is 0 Å². The van der Waals surface area contributed by atoms with Crippen LogP contribution in [0.1, 0.15) is 5.56 Å². The van der Waals surface area contributed by atoms with Crippen molar-refractivity contribution >= 4 is 28.6 Å². The molecule has 0 radical (unpaired) electrons. The van der Waals surface area contributed by atoms with Crippen molar-refractivity contribution in [2.24, 2.45) is 0 Å². The van der Waals surface area contributed by atoms with Crippen molar-refractivity contribution in [1.82, 2.24) is 9.55 Å². The first-order chi connectivity index (χ1) is 8.66. The monoisotopic (exact) mass is 257 g/mol. The van der Waals surface area contributed by atoms with Gasteiger partial charge in [-0.05, 0) is 31.2 Å². The summed E-state index contributed by atoms with van der Waals surface area (Å²) in [7, 11) is 0. The summed E-state index contributed by atoms with van der Waals surface area (Å²) in [5.74, 6) is 0.446. The minimum atomic E-state index is 0.446. The molecular weight excluding hydrogens is 246 g/mol. The average molecular weight is 258 g/mol. The Balaban J connectivity index is 2.34. The summed E-state index contributed by atoms with van der Waals surface area (Å²) in [4.78, 5) is 4.33. The highest BCUT2D eigenvalue weighted by Gasteiger charge is 2.12. The van der Waals surface area contributed by atoms with Gasteiger partial charge in [0.05, 0.1) is 16.1 Å². The van der Waals surface area contributed by atoms with Crippen molar-refractivity contribution in [3.8, 4) is 5.69 Å². The van der Waals surface area contributed by atoms with E-state index >= 15 is 0 Å². The first-order valence-corrected chi connectivity index (χ1v) is 6.04. The van der Waals surface area contributed by atoms with Crippen LogP contribution in [0.4, 0.5) is 5.95 Å². The van der Waals surface area contributed by atoms with Crippen LogP contribution in [0.3, 0.4) is 0 Å². The summed E-state index contributed by atoms with van der Waals surface area (Å²) >= 11 is 6.24. The van der Waals surface area contributed by atoms with Gasteiger partial charge < -0.3 is 5.73 Å². The number of nitrogens with zero attached hydrogens (tertiary/aromatic N) is 2. The quantitative estimate of drug-likeness (QED) is 0.724. The number of aromatic nitrogens is 2. The van der Waals surface area contributed by atoms with Crippen molar-refractivity contribution in [2.45, 2.75) is 6.92 Å². The zero-order valence-electron chi connectivity index (χ0n) is 9.89. The van der Waals surface area contributed by atoms with E-state index in [1.807, 2.05) is 54.0 Å². The summed E-state index contributed by atoms with van der Waals surface area (Å²) in [6.45, 7) is 2.05. The molecular formula is C14H12ClN3. The highest BCUT2D eigenvalue weighted by molar-refractivity contribution is 6.35. The Bertz CT molecular complexity index is 714. The Morgan fingerprint density at radius 2 is 1.83 bits per heavy atom. The molecule has 0 unspecified atom stereocenters. The predicted molar refractivity (Wildman–Crippen MR) is 75.2 cm³/mol. The van der Waals surface area contributed by atoms with Gasteiger partial charge in [-0.3, -0.25) is 4.57 Å². The highest BCUT2D eigenvalue weighted by atomic mass is 35.5. The van der Waals surface area contributed by atoms with Gasteiger partial charge in [0.1, 0.15) is 0 Å². The number of rotatable bonds is 1. The number of benzene rings is 2. The molecule has 3 rings (SSSR count). The molecule has 0 aliphatic heterocycles. The van der Waals surface area contributed by atoms with Crippen LogP contribution in [0, 0.1) is 6.92 Å². The lowest BCUT2D eigenvalue weighted by molar-refractivity contribution is 1.11. The smallest absolute Gasteiger partial charge is 0.205 e. The largest absolute Gasteiger partial charge is 0.369 e. The molecule has 1 aromatic heterocycles. The fraction of sp³-hybridized carbons (Fsp3) is 0.0714. The van der Waals surface area contributed by atoms with Crippen LogP contribution in [-0.2, 0) is 0 Å². The van der Waals surface area contributed by atoms with Crippen LogP contribution in [0.15, 0.2) is 42.5 Å². The van der Waals surface area contributed by atoms with Crippen molar-refractivity contribution in [3.63, 3.8) is 0 Å². The zero-order chi connectivity index (χ0) is 12.7. The lowest BCUT2D eigenvalue weighted by Gasteiger charge is -2.07. The third kappa shape index (κ3) is 1.64. The molecule has 90 valence electrons. The Labute approximate surface area is 110 Å². The van der Waals surface area contributed by atoms with E-state index in [1.165, 1.54) is 5.56 Å². The average Bonchev–Trinajstić information content (AvgIpc) is 2.68.